The van der Waals surface area contributed by atoms with Crippen LogP contribution in [0, 0.1) is 0 Å². The van der Waals surface area contributed by atoms with Crippen LogP contribution in [-0.4, -0.2) is 70.2 Å². The number of nitrogens with one attached hydrogen (secondary N) is 2. The second-order valence-electron chi connectivity index (χ2n) is 18.1. The van der Waals surface area contributed by atoms with Crippen LogP contribution in [0.4, 0.5) is 11.4 Å². The summed E-state index contributed by atoms with van der Waals surface area (Å²) < 4.78 is 10.5. The van der Waals surface area contributed by atoms with Gasteiger partial charge in [-0.15, -0.1) is 0 Å². The summed E-state index contributed by atoms with van der Waals surface area (Å²) in [6, 6.07) is 0. The minimum absolute atomic E-state index is 0.152. The molecular formula is C54H105N3O6. The maximum Gasteiger partial charge on any atom is 0.293 e. The minimum Gasteiger partial charge on any atom is -0.465 e. The van der Waals surface area contributed by atoms with Crippen LogP contribution in [0.15, 0.2) is 9.59 Å². The molecule has 1 aromatic rings. The summed E-state index contributed by atoms with van der Waals surface area (Å²) in [7, 11) is 3.56. The van der Waals surface area contributed by atoms with Gasteiger partial charge in [0.2, 0.25) is 0 Å². The van der Waals surface area contributed by atoms with Gasteiger partial charge in [-0.3, -0.25) is 14.4 Å². The lowest BCUT2D eigenvalue weighted by Crippen LogP contribution is -2.37. The predicted octanol–water partition coefficient (Wildman–Crippen LogP) is 14.5. The molecule has 0 aliphatic rings. The van der Waals surface area contributed by atoms with Gasteiger partial charge in [0.15, 0.2) is 0 Å². The van der Waals surface area contributed by atoms with E-state index >= 15 is 0 Å². The topological polar surface area (TPSA) is 114 Å². The number of carbonyl (C=O) groups is 2. The molecule has 0 amide bonds. The third-order valence-corrected chi connectivity index (χ3v) is 12.4. The Labute approximate surface area is 389 Å². The number of aldehydes is 1. The Balaban J connectivity index is 0. The quantitative estimate of drug-likeness (QED) is 0.0375. The summed E-state index contributed by atoms with van der Waals surface area (Å²) in [5, 5.41) is 5.93. The summed E-state index contributed by atoms with van der Waals surface area (Å²) in [5.41, 5.74) is 0.0366. The zero-order valence-electron chi connectivity index (χ0n) is 42.8. The van der Waals surface area contributed by atoms with Crippen LogP contribution in [0.2, 0.25) is 0 Å². The van der Waals surface area contributed by atoms with Crippen molar-refractivity contribution >= 4 is 24.1 Å². The van der Waals surface area contributed by atoms with Gasteiger partial charge in [0.05, 0.1) is 6.10 Å². The number of methoxy groups -OCH3 is 1. The van der Waals surface area contributed by atoms with E-state index < -0.39 is 10.9 Å². The molecule has 0 aliphatic carbocycles. The van der Waals surface area contributed by atoms with E-state index in [1.165, 1.54) is 186 Å². The molecule has 1 atom stereocenters. The van der Waals surface area contributed by atoms with Crippen LogP contribution in [-0.2, 0) is 19.1 Å². The molecule has 1 unspecified atom stereocenters. The van der Waals surface area contributed by atoms with Crippen molar-refractivity contribution in [2.45, 2.75) is 272 Å². The molecule has 63 heavy (non-hydrogen) atoms. The normalized spacial score (nSPS) is 11.6. The highest BCUT2D eigenvalue weighted by Gasteiger charge is 2.19. The second-order valence-corrected chi connectivity index (χ2v) is 18.1. The largest absolute Gasteiger partial charge is 0.465 e. The molecule has 1 aromatic carbocycles. The van der Waals surface area contributed by atoms with Crippen LogP contribution in [0.5, 0.6) is 0 Å². The highest BCUT2D eigenvalue weighted by Crippen LogP contribution is 2.17. The van der Waals surface area contributed by atoms with Gasteiger partial charge in [0, 0.05) is 27.1 Å². The zero-order valence-corrected chi connectivity index (χ0v) is 42.8. The SMILES string of the molecule is CCCCCCCCC(CC)OC=O.CCCCCCCCC(CCCCCCCC)OC.CCCCCCCCN(CCCCCCCC=O)CCCNc1c(NC)c(=O)c1=O. The standard InChI is InChI=1S/C24H43N3O3.C18H38O.C12H24O2/c1-3-4-5-6-9-12-17-27(18-13-10-7-8-11-14-20-28)19-15-16-26-22-21(25-2)23(29)24(22)30;1-4-6-8-10-12-14-16-18(19-3)17-15-13-11-9-7-5-2;1-3-5-6-7-8-9-10-12(4-2)14-11-13/h20,25-26H,3-19H2,1-2H3;18H,4-17H2,1-3H3;11-12H,3-10H2,1-2H3. The van der Waals surface area contributed by atoms with Crippen molar-refractivity contribution in [3.8, 4) is 0 Å². The van der Waals surface area contributed by atoms with Gasteiger partial charge in [0.25, 0.3) is 17.3 Å². The van der Waals surface area contributed by atoms with Gasteiger partial charge < -0.3 is 29.8 Å². The van der Waals surface area contributed by atoms with Crippen molar-refractivity contribution in [2.24, 2.45) is 0 Å². The molecule has 9 nitrogen and oxygen atoms in total. The van der Waals surface area contributed by atoms with Crippen molar-refractivity contribution in [2.75, 3.05) is 51.0 Å². The van der Waals surface area contributed by atoms with Gasteiger partial charge >= 0.3 is 0 Å². The number of carbonyl (C=O) groups excluding carboxylic acids is 2. The van der Waals surface area contributed by atoms with E-state index in [0.717, 1.165) is 58.0 Å². The molecule has 0 bridgehead atoms. The van der Waals surface area contributed by atoms with Crippen LogP contribution in [0.1, 0.15) is 259 Å². The smallest absolute Gasteiger partial charge is 0.293 e. The van der Waals surface area contributed by atoms with E-state index in [2.05, 4.69) is 50.2 Å². The lowest BCUT2D eigenvalue weighted by atomic mass is 10.0. The second kappa shape index (κ2) is 50.7. The molecular weight excluding hydrogens is 787 g/mol. The van der Waals surface area contributed by atoms with Gasteiger partial charge in [-0.1, -0.05) is 195 Å². The molecule has 0 saturated heterocycles. The molecule has 0 spiro atoms. The van der Waals surface area contributed by atoms with Gasteiger partial charge in [-0.05, 0) is 77.4 Å². The fraction of sp³-hybridized carbons (Fsp3) is 0.889. The Hall–Kier alpha value is -2.26. The average Bonchev–Trinajstić information content (AvgIpc) is 3.30. The lowest BCUT2D eigenvalue weighted by Gasteiger charge is -2.23. The van der Waals surface area contributed by atoms with E-state index in [9.17, 15) is 19.2 Å². The molecule has 0 saturated carbocycles. The Bertz CT molecular complexity index is 1140. The van der Waals surface area contributed by atoms with Crippen molar-refractivity contribution < 1.29 is 19.1 Å². The van der Waals surface area contributed by atoms with E-state index in [0.29, 0.717) is 36.9 Å². The molecule has 0 fully saturated rings. The lowest BCUT2D eigenvalue weighted by molar-refractivity contribution is -0.134. The summed E-state index contributed by atoms with van der Waals surface area (Å²) in [4.78, 5) is 46.1. The maximum absolute atomic E-state index is 11.6. The third kappa shape index (κ3) is 39.8. The summed E-state index contributed by atoms with van der Waals surface area (Å²) in [6.07, 6.45) is 46.0. The molecule has 1 rings (SSSR count). The number of ether oxygens (including phenoxy) is 2. The first-order valence-electron chi connectivity index (χ1n) is 26.9. The average molecular weight is 892 g/mol. The van der Waals surface area contributed by atoms with Crippen molar-refractivity contribution in [3.63, 3.8) is 0 Å². The zero-order chi connectivity index (χ0) is 46.9. The van der Waals surface area contributed by atoms with Crippen LogP contribution in [0.25, 0.3) is 0 Å². The number of unbranched alkanes of at least 4 members (excludes halogenated alkanes) is 25. The van der Waals surface area contributed by atoms with Crippen molar-refractivity contribution in [3.05, 3.63) is 20.4 Å². The van der Waals surface area contributed by atoms with Crippen LogP contribution >= 0.6 is 0 Å². The Morgan fingerprint density at radius 1 is 0.492 bits per heavy atom. The number of hydrogen-bond acceptors (Lipinski definition) is 9. The monoisotopic (exact) mass is 892 g/mol. The van der Waals surface area contributed by atoms with E-state index in [-0.39, 0.29) is 6.10 Å². The molecule has 9 heteroatoms. The van der Waals surface area contributed by atoms with Crippen molar-refractivity contribution in [1.29, 1.82) is 0 Å². The first-order chi connectivity index (χ1) is 30.8. The molecule has 0 heterocycles. The fourth-order valence-electron chi connectivity index (χ4n) is 8.14. The molecule has 0 aliphatic heterocycles. The number of hydrogen-bond donors (Lipinski definition) is 2. The number of anilines is 2. The third-order valence-electron chi connectivity index (χ3n) is 12.4. The highest BCUT2D eigenvalue weighted by atomic mass is 16.5. The van der Waals surface area contributed by atoms with Gasteiger partial charge in [-0.25, -0.2) is 0 Å². The predicted molar refractivity (Wildman–Crippen MR) is 274 cm³/mol. The molecule has 0 radical (unpaired) electrons. The summed E-state index contributed by atoms with van der Waals surface area (Å²) >= 11 is 0. The molecule has 2 N–H and O–H groups in total. The summed E-state index contributed by atoms with van der Waals surface area (Å²) in [5.74, 6) is 0. The highest BCUT2D eigenvalue weighted by molar-refractivity contribution is 5.73. The van der Waals surface area contributed by atoms with E-state index in [1.54, 1.807) is 7.05 Å². The Kier molecular flexibility index (Phi) is 50.6. The summed E-state index contributed by atoms with van der Waals surface area (Å²) in [6.45, 7) is 15.6. The molecule has 0 aromatic heterocycles. The fourth-order valence-corrected chi connectivity index (χ4v) is 8.14. The number of rotatable bonds is 46. The van der Waals surface area contributed by atoms with Crippen LogP contribution in [0.3, 0.4) is 0 Å². The minimum atomic E-state index is -0.419. The Morgan fingerprint density at radius 3 is 1.27 bits per heavy atom. The first-order valence-corrected chi connectivity index (χ1v) is 26.9. The van der Waals surface area contributed by atoms with E-state index in [4.69, 9.17) is 9.47 Å². The first kappa shape index (κ1) is 62.8. The van der Waals surface area contributed by atoms with Gasteiger partial charge in [0.1, 0.15) is 23.8 Å². The van der Waals surface area contributed by atoms with Gasteiger partial charge in [-0.2, -0.15) is 0 Å². The van der Waals surface area contributed by atoms with E-state index in [1.807, 2.05) is 7.11 Å². The molecule has 372 valence electrons. The number of nitrogens with zero attached hydrogens (tertiary/aromatic N) is 1. The Morgan fingerprint density at radius 2 is 0.873 bits per heavy atom. The van der Waals surface area contributed by atoms with Crippen molar-refractivity contribution in [1.82, 2.24) is 4.90 Å². The van der Waals surface area contributed by atoms with Crippen LogP contribution < -0.4 is 21.5 Å². The maximum atomic E-state index is 11.6.